The lowest BCUT2D eigenvalue weighted by Crippen LogP contribution is -2.62. The van der Waals surface area contributed by atoms with Gasteiger partial charge in [-0.25, -0.2) is 0 Å². The molecular weight excluding hydrogens is 507 g/mol. The topological polar surface area (TPSA) is 47.1 Å². The minimum atomic E-state index is -0.0911. The lowest BCUT2D eigenvalue weighted by molar-refractivity contribution is -0.142. The zero-order valence-corrected chi connectivity index (χ0v) is 23.8. The lowest BCUT2D eigenvalue weighted by atomic mass is 9.83. The molecule has 0 unspecified atom stereocenters. The summed E-state index contributed by atoms with van der Waals surface area (Å²) in [6.45, 7) is 13.7. The molecule has 2 aromatic carbocycles. The second kappa shape index (κ2) is 11.7. The van der Waals surface area contributed by atoms with Gasteiger partial charge in [0.05, 0.1) is 12.6 Å². The van der Waals surface area contributed by atoms with Crippen molar-refractivity contribution in [3.05, 3.63) is 69.7 Å². The van der Waals surface area contributed by atoms with Gasteiger partial charge in [-0.1, -0.05) is 68.2 Å². The van der Waals surface area contributed by atoms with Gasteiger partial charge in [0.15, 0.2) is 0 Å². The Balaban J connectivity index is 1.53. The number of halogens is 2. The average molecular weight is 546 g/mol. The number of rotatable bonds is 5. The van der Waals surface area contributed by atoms with Gasteiger partial charge >= 0.3 is 0 Å². The van der Waals surface area contributed by atoms with Gasteiger partial charge in [-0.05, 0) is 40.8 Å². The second-order valence-electron chi connectivity index (χ2n) is 11.3. The fourth-order valence-electron chi connectivity index (χ4n) is 5.49. The number of piperazine rings is 2. The van der Waals surface area contributed by atoms with Gasteiger partial charge in [-0.15, -0.1) is 0 Å². The number of hydrogen-bond acceptors (Lipinski definition) is 4. The summed E-state index contributed by atoms with van der Waals surface area (Å²) >= 11 is 12.4. The van der Waals surface area contributed by atoms with Crippen LogP contribution in [0.3, 0.4) is 0 Å². The minimum Gasteiger partial charge on any atom is -0.340 e. The van der Waals surface area contributed by atoms with Gasteiger partial charge in [0.25, 0.3) is 0 Å². The van der Waals surface area contributed by atoms with Gasteiger partial charge in [0, 0.05) is 68.8 Å². The molecule has 4 rings (SSSR count). The maximum Gasteiger partial charge on any atom is 0.237 e. The Kier molecular flexibility index (Phi) is 8.85. The Morgan fingerprint density at radius 3 is 1.81 bits per heavy atom. The highest BCUT2D eigenvalue weighted by molar-refractivity contribution is 6.30. The number of amides is 2. The summed E-state index contributed by atoms with van der Waals surface area (Å²) in [7, 11) is 0. The van der Waals surface area contributed by atoms with Crippen LogP contribution in [-0.4, -0.2) is 89.8 Å². The molecule has 0 radical (unpaired) electrons. The van der Waals surface area contributed by atoms with Crippen molar-refractivity contribution < 1.29 is 9.59 Å². The lowest BCUT2D eigenvalue weighted by Gasteiger charge is -2.50. The van der Waals surface area contributed by atoms with Crippen LogP contribution in [0.2, 0.25) is 10.0 Å². The highest BCUT2D eigenvalue weighted by atomic mass is 35.5. The predicted molar refractivity (Wildman–Crippen MR) is 150 cm³/mol. The summed E-state index contributed by atoms with van der Waals surface area (Å²) in [5.74, 6) is 0.274. The van der Waals surface area contributed by atoms with E-state index in [1.165, 1.54) is 11.1 Å². The molecule has 0 bridgehead atoms. The van der Waals surface area contributed by atoms with Crippen LogP contribution in [0.5, 0.6) is 0 Å². The van der Waals surface area contributed by atoms with Crippen LogP contribution in [0.1, 0.15) is 44.9 Å². The quantitative estimate of drug-likeness (QED) is 0.542. The summed E-state index contributed by atoms with van der Waals surface area (Å²) in [6, 6.07) is 16.2. The first-order chi connectivity index (χ1) is 17.5. The molecule has 37 heavy (non-hydrogen) atoms. The van der Waals surface area contributed by atoms with Crippen molar-refractivity contribution in [3.8, 4) is 0 Å². The number of benzene rings is 2. The van der Waals surface area contributed by atoms with E-state index in [-0.39, 0.29) is 29.3 Å². The van der Waals surface area contributed by atoms with Gasteiger partial charge in [-0.2, -0.15) is 0 Å². The third kappa shape index (κ3) is 6.85. The van der Waals surface area contributed by atoms with Gasteiger partial charge in [-0.3, -0.25) is 19.4 Å². The maximum atomic E-state index is 13.6. The van der Waals surface area contributed by atoms with E-state index in [0.29, 0.717) is 36.2 Å². The van der Waals surface area contributed by atoms with Crippen molar-refractivity contribution in [2.75, 3.05) is 52.4 Å². The third-order valence-corrected chi connectivity index (χ3v) is 8.15. The zero-order valence-electron chi connectivity index (χ0n) is 22.3. The Labute approximate surface area is 231 Å². The molecule has 2 saturated heterocycles. The van der Waals surface area contributed by atoms with Gasteiger partial charge in [0.1, 0.15) is 0 Å². The van der Waals surface area contributed by atoms with E-state index < -0.39 is 0 Å². The van der Waals surface area contributed by atoms with Crippen LogP contribution < -0.4 is 0 Å². The monoisotopic (exact) mass is 544 g/mol. The van der Waals surface area contributed by atoms with Crippen molar-refractivity contribution in [2.45, 2.75) is 39.8 Å². The summed E-state index contributed by atoms with van der Waals surface area (Å²) in [5.41, 5.74) is 2.25. The fraction of sp³-hybridized carbons (Fsp3) is 0.517. The smallest absolute Gasteiger partial charge is 0.237 e. The number of carbonyl (C=O) groups excluding carboxylic acids is 2. The maximum absolute atomic E-state index is 13.6. The Bertz CT molecular complexity index is 1030. The molecule has 1 atom stereocenters. The molecule has 0 aromatic heterocycles. The largest absolute Gasteiger partial charge is 0.340 e. The first-order valence-corrected chi connectivity index (χ1v) is 13.8. The third-order valence-electron chi connectivity index (χ3n) is 7.64. The van der Waals surface area contributed by atoms with Crippen molar-refractivity contribution in [2.24, 2.45) is 5.41 Å². The number of nitrogens with zero attached hydrogens (tertiary/aromatic N) is 4. The summed E-state index contributed by atoms with van der Waals surface area (Å²) < 4.78 is 0. The molecule has 6 nitrogen and oxygen atoms in total. The minimum absolute atomic E-state index is 0.0382. The Morgan fingerprint density at radius 2 is 1.35 bits per heavy atom. The van der Waals surface area contributed by atoms with Crippen molar-refractivity contribution in [1.82, 2.24) is 19.6 Å². The molecule has 8 heteroatoms. The molecule has 2 amide bonds. The van der Waals surface area contributed by atoms with Crippen LogP contribution >= 0.6 is 23.2 Å². The van der Waals surface area contributed by atoms with E-state index in [2.05, 4.69) is 59.7 Å². The highest BCUT2D eigenvalue weighted by Gasteiger charge is 2.40. The molecule has 200 valence electrons. The van der Waals surface area contributed by atoms with E-state index in [9.17, 15) is 9.59 Å². The van der Waals surface area contributed by atoms with Gasteiger partial charge < -0.3 is 9.80 Å². The van der Waals surface area contributed by atoms with Crippen LogP contribution in [-0.2, 0) is 9.59 Å². The van der Waals surface area contributed by atoms with Crippen molar-refractivity contribution >= 4 is 35.0 Å². The van der Waals surface area contributed by atoms with E-state index in [1.54, 1.807) is 6.92 Å². The first kappa shape index (κ1) is 27.9. The molecule has 2 heterocycles. The number of carbonyl (C=O) groups is 2. The summed E-state index contributed by atoms with van der Waals surface area (Å²) in [4.78, 5) is 33.9. The van der Waals surface area contributed by atoms with Gasteiger partial charge in [0.2, 0.25) is 11.8 Å². The molecule has 2 fully saturated rings. The second-order valence-corrected chi connectivity index (χ2v) is 12.1. The van der Waals surface area contributed by atoms with E-state index in [0.717, 1.165) is 26.2 Å². The molecule has 0 N–H and O–H groups in total. The molecule has 0 aliphatic carbocycles. The van der Waals surface area contributed by atoms with Crippen LogP contribution in [0, 0.1) is 5.41 Å². The molecule has 2 aromatic rings. The summed E-state index contributed by atoms with van der Waals surface area (Å²) in [5, 5.41) is 1.43. The van der Waals surface area contributed by atoms with Crippen molar-refractivity contribution in [1.29, 1.82) is 0 Å². The van der Waals surface area contributed by atoms with Crippen LogP contribution in [0.4, 0.5) is 0 Å². The molecular formula is C29H38Cl2N4O2. The fourth-order valence-corrected chi connectivity index (χ4v) is 5.74. The molecule has 2 aliphatic heterocycles. The van der Waals surface area contributed by atoms with Crippen LogP contribution in [0.25, 0.3) is 0 Å². The average Bonchev–Trinajstić information content (AvgIpc) is 2.86. The van der Waals surface area contributed by atoms with Crippen molar-refractivity contribution in [3.63, 3.8) is 0 Å². The van der Waals surface area contributed by atoms with Crippen LogP contribution in [0.15, 0.2) is 48.5 Å². The standard InChI is InChI=1S/C29H38Cl2N4O2/c1-21(36)33-15-13-32(14-16-33)20-27(37)35-18-17-34(19-26(35)29(2,3)4)28(22-5-9-24(30)10-6-22)23-7-11-25(31)12-8-23/h5-12,26,28H,13-20H2,1-4H3/t26-/m1/s1. The van der Waals surface area contributed by atoms with E-state index >= 15 is 0 Å². The predicted octanol–water partition coefficient (Wildman–Crippen LogP) is 4.81. The summed E-state index contributed by atoms with van der Waals surface area (Å²) in [6.07, 6.45) is 0. The SMILES string of the molecule is CC(=O)N1CCN(CC(=O)N2CCN(C(c3ccc(Cl)cc3)c3ccc(Cl)cc3)C[C@@H]2C(C)(C)C)CC1. The van der Waals surface area contributed by atoms with E-state index in [4.69, 9.17) is 23.2 Å². The Hall–Kier alpha value is -2.12. The van der Waals surface area contributed by atoms with E-state index in [1.807, 2.05) is 29.2 Å². The molecule has 2 aliphatic rings. The first-order valence-electron chi connectivity index (χ1n) is 13.1. The zero-order chi connectivity index (χ0) is 26.7. The molecule has 0 saturated carbocycles. The Morgan fingerprint density at radius 1 is 0.838 bits per heavy atom. The number of hydrogen-bond donors (Lipinski definition) is 0. The normalized spacial score (nSPS) is 19.9. The molecule has 0 spiro atoms. The highest BCUT2D eigenvalue weighted by Crippen LogP contribution is 2.36.